The minimum absolute atomic E-state index is 0.0283. The van der Waals surface area contributed by atoms with Gasteiger partial charge in [-0.2, -0.15) is 0 Å². The Morgan fingerprint density at radius 3 is 2.76 bits per heavy atom. The summed E-state index contributed by atoms with van der Waals surface area (Å²) in [5, 5.41) is 4.07. The molecule has 126 valence electrons. The van der Waals surface area contributed by atoms with Gasteiger partial charge in [-0.1, -0.05) is 23.2 Å². The summed E-state index contributed by atoms with van der Waals surface area (Å²) in [5.41, 5.74) is 1.99. The second kappa shape index (κ2) is 6.46. The first-order valence-corrected chi connectivity index (χ1v) is 8.48. The molecule has 1 unspecified atom stereocenters. The van der Waals surface area contributed by atoms with Gasteiger partial charge in [0.15, 0.2) is 5.65 Å². The Labute approximate surface area is 153 Å². The summed E-state index contributed by atoms with van der Waals surface area (Å²) in [4.78, 5) is 27.2. The number of anilines is 2. The third-order valence-electron chi connectivity index (χ3n) is 4.07. The highest BCUT2D eigenvalue weighted by Gasteiger charge is 2.33. The molecule has 1 saturated heterocycles. The zero-order valence-corrected chi connectivity index (χ0v) is 14.5. The Morgan fingerprint density at radius 2 is 1.92 bits per heavy atom. The number of nitrogens with zero attached hydrogens (tertiary/aromatic N) is 4. The van der Waals surface area contributed by atoms with Gasteiger partial charge in [-0.15, -0.1) is 0 Å². The van der Waals surface area contributed by atoms with Gasteiger partial charge in [-0.3, -0.25) is 9.78 Å². The lowest BCUT2D eigenvalue weighted by Gasteiger charge is -2.18. The summed E-state index contributed by atoms with van der Waals surface area (Å²) in [7, 11) is 0. The molecule has 1 atom stereocenters. The lowest BCUT2D eigenvalue weighted by molar-refractivity contribution is -0.117. The quantitative estimate of drug-likeness (QED) is 0.759. The largest absolute Gasteiger partial charge is 0.358 e. The number of hydrogen-bond donors (Lipinski definition) is 1. The van der Waals surface area contributed by atoms with Gasteiger partial charge in [0.05, 0.1) is 10.0 Å². The van der Waals surface area contributed by atoms with E-state index in [2.05, 4.69) is 20.3 Å². The van der Waals surface area contributed by atoms with E-state index in [0.717, 1.165) is 5.69 Å². The van der Waals surface area contributed by atoms with Gasteiger partial charge in [-0.05, 0) is 36.8 Å². The summed E-state index contributed by atoms with van der Waals surface area (Å²) in [6.45, 7) is 0.599. The first-order valence-electron chi connectivity index (χ1n) is 7.72. The first kappa shape index (κ1) is 16.1. The van der Waals surface area contributed by atoms with Crippen molar-refractivity contribution in [1.82, 2.24) is 15.0 Å². The van der Waals surface area contributed by atoms with Crippen molar-refractivity contribution in [3.63, 3.8) is 0 Å². The van der Waals surface area contributed by atoms with Gasteiger partial charge in [-0.25, -0.2) is 9.97 Å². The summed E-state index contributed by atoms with van der Waals surface area (Å²) in [6, 6.07) is 8.46. The monoisotopic (exact) mass is 373 g/mol. The Kier molecular flexibility index (Phi) is 4.15. The van der Waals surface area contributed by atoms with Crippen LogP contribution in [0.1, 0.15) is 6.42 Å². The Balaban J connectivity index is 1.53. The molecule has 3 heterocycles. The first-order chi connectivity index (χ1) is 12.1. The van der Waals surface area contributed by atoms with Crippen molar-refractivity contribution >= 4 is 51.8 Å². The van der Waals surface area contributed by atoms with Crippen LogP contribution >= 0.6 is 23.2 Å². The molecule has 0 bridgehead atoms. The van der Waals surface area contributed by atoms with E-state index in [4.69, 9.17) is 23.2 Å². The maximum absolute atomic E-state index is 12.7. The summed E-state index contributed by atoms with van der Waals surface area (Å²) in [6.07, 6.45) is 3.87. The molecule has 1 N–H and O–H groups in total. The van der Waals surface area contributed by atoms with Crippen LogP contribution in [0, 0.1) is 0 Å². The van der Waals surface area contributed by atoms with E-state index >= 15 is 0 Å². The molecular weight excluding hydrogens is 361 g/mol. The zero-order valence-electron chi connectivity index (χ0n) is 13.0. The van der Waals surface area contributed by atoms with Crippen molar-refractivity contribution in [3.8, 4) is 0 Å². The van der Waals surface area contributed by atoms with E-state index in [9.17, 15) is 4.79 Å². The van der Waals surface area contributed by atoms with Crippen molar-refractivity contribution in [2.75, 3.05) is 16.8 Å². The van der Waals surface area contributed by atoms with E-state index in [1.165, 1.54) is 0 Å². The molecule has 25 heavy (non-hydrogen) atoms. The number of halogens is 2. The SMILES string of the molecule is O=C1C(Nc2ccc3nccnc3n2)CCN1c1ccc(Cl)c(Cl)c1. The van der Waals surface area contributed by atoms with Gasteiger partial charge < -0.3 is 10.2 Å². The smallest absolute Gasteiger partial charge is 0.249 e. The fourth-order valence-corrected chi connectivity index (χ4v) is 3.13. The minimum Gasteiger partial charge on any atom is -0.358 e. The number of carbonyl (C=O) groups is 1. The molecule has 3 aromatic rings. The van der Waals surface area contributed by atoms with Crippen LogP contribution in [-0.4, -0.2) is 33.4 Å². The average Bonchev–Trinajstić information content (AvgIpc) is 2.98. The number of hydrogen-bond acceptors (Lipinski definition) is 5. The number of aromatic nitrogens is 3. The predicted molar refractivity (Wildman–Crippen MR) is 98.2 cm³/mol. The van der Waals surface area contributed by atoms with E-state index < -0.39 is 0 Å². The molecule has 1 aliphatic heterocycles. The average molecular weight is 374 g/mol. The van der Waals surface area contributed by atoms with Crippen LogP contribution in [0.5, 0.6) is 0 Å². The molecule has 1 aliphatic rings. The molecule has 1 amide bonds. The van der Waals surface area contributed by atoms with Gasteiger partial charge in [0.1, 0.15) is 17.4 Å². The number of nitrogens with one attached hydrogen (secondary N) is 1. The number of carbonyl (C=O) groups excluding carboxylic acids is 1. The van der Waals surface area contributed by atoms with Crippen LogP contribution in [0.3, 0.4) is 0 Å². The number of amides is 1. The Hall–Kier alpha value is -2.44. The third-order valence-corrected chi connectivity index (χ3v) is 4.81. The lowest BCUT2D eigenvalue weighted by Crippen LogP contribution is -2.33. The Bertz CT molecular complexity index is 965. The fourth-order valence-electron chi connectivity index (χ4n) is 2.84. The van der Waals surface area contributed by atoms with Gasteiger partial charge in [0, 0.05) is 24.6 Å². The normalized spacial score (nSPS) is 17.3. The highest BCUT2D eigenvalue weighted by Crippen LogP contribution is 2.30. The fraction of sp³-hybridized carbons (Fsp3) is 0.176. The molecule has 8 heteroatoms. The van der Waals surface area contributed by atoms with Gasteiger partial charge in [0.25, 0.3) is 0 Å². The van der Waals surface area contributed by atoms with Crippen molar-refractivity contribution in [1.29, 1.82) is 0 Å². The highest BCUT2D eigenvalue weighted by atomic mass is 35.5. The van der Waals surface area contributed by atoms with Crippen LogP contribution in [-0.2, 0) is 4.79 Å². The second-order valence-electron chi connectivity index (χ2n) is 5.67. The topological polar surface area (TPSA) is 71.0 Å². The molecule has 0 radical (unpaired) electrons. The summed E-state index contributed by atoms with van der Waals surface area (Å²) < 4.78 is 0. The van der Waals surface area contributed by atoms with Gasteiger partial charge >= 0.3 is 0 Å². The number of benzene rings is 1. The molecule has 0 saturated carbocycles. The number of rotatable bonds is 3. The maximum Gasteiger partial charge on any atom is 0.249 e. The molecular formula is C17H13Cl2N5O. The van der Waals surface area contributed by atoms with Crippen LogP contribution in [0.25, 0.3) is 11.2 Å². The van der Waals surface area contributed by atoms with Crippen LogP contribution in [0.2, 0.25) is 10.0 Å². The van der Waals surface area contributed by atoms with Crippen molar-refractivity contribution in [2.24, 2.45) is 0 Å². The van der Waals surface area contributed by atoms with Crippen molar-refractivity contribution in [2.45, 2.75) is 12.5 Å². The second-order valence-corrected chi connectivity index (χ2v) is 6.48. The molecule has 0 aliphatic carbocycles. The van der Waals surface area contributed by atoms with Crippen LogP contribution in [0.4, 0.5) is 11.5 Å². The standard InChI is InChI=1S/C17H13Cl2N5O/c18-11-2-1-10(9-12(11)19)24-8-5-14(17(24)25)22-15-4-3-13-16(23-15)21-7-6-20-13/h1-4,6-7,9,14H,5,8H2,(H,21,22,23). The molecule has 4 rings (SSSR count). The van der Waals surface area contributed by atoms with E-state index in [1.54, 1.807) is 41.6 Å². The van der Waals surface area contributed by atoms with E-state index in [1.807, 2.05) is 6.07 Å². The predicted octanol–water partition coefficient (Wildman–Crippen LogP) is 3.55. The van der Waals surface area contributed by atoms with E-state index in [-0.39, 0.29) is 11.9 Å². The van der Waals surface area contributed by atoms with Crippen molar-refractivity contribution < 1.29 is 4.79 Å². The zero-order chi connectivity index (χ0) is 17.4. The molecule has 0 spiro atoms. The highest BCUT2D eigenvalue weighted by molar-refractivity contribution is 6.42. The number of pyridine rings is 1. The lowest BCUT2D eigenvalue weighted by atomic mass is 10.2. The molecule has 2 aromatic heterocycles. The van der Waals surface area contributed by atoms with Crippen LogP contribution < -0.4 is 10.2 Å². The summed E-state index contributed by atoms with van der Waals surface area (Å²) in [5.74, 6) is 0.571. The molecule has 1 aromatic carbocycles. The Morgan fingerprint density at radius 1 is 1.08 bits per heavy atom. The van der Waals surface area contributed by atoms with Crippen LogP contribution in [0.15, 0.2) is 42.7 Å². The molecule has 1 fully saturated rings. The third kappa shape index (κ3) is 3.10. The summed E-state index contributed by atoms with van der Waals surface area (Å²) >= 11 is 12.0. The van der Waals surface area contributed by atoms with Gasteiger partial charge in [0.2, 0.25) is 5.91 Å². The number of fused-ring (bicyclic) bond motifs is 1. The molecule has 6 nitrogen and oxygen atoms in total. The maximum atomic E-state index is 12.7. The minimum atomic E-state index is -0.351. The van der Waals surface area contributed by atoms with E-state index in [0.29, 0.717) is 40.0 Å². The van der Waals surface area contributed by atoms with Crippen molar-refractivity contribution in [3.05, 3.63) is 52.8 Å².